The van der Waals surface area contributed by atoms with E-state index in [2.05, 4.69) is 10.6 Å². The molecule has 0 bridgehead atoms. The van der Waals surface area contributed by atoms with Crippen molar-refractivity contribution in [1.29, 1.82) is 0 Å². The SMILES string of the molecule is CC(CCCO)NC(=O)Nc1ccc(CCC(F)(F)F)cc1. The summed E-state index contributed by atoms with van der Waals surface area (Å²) >= 11 is 0. The van der Waals surface area contributed by atoms with Crippen molar-refractivity contribution >= 4 is 11.7 Å². The first-order valence-corrected chi connectivity index (χ1v) is 7.14. The minimum atomic E-state index is -4.17. The van der Waals surface area contributed by atoms with Gasteiger partial charge in [0.2, 0.25) is 0 Å². The molecule has 7 heteroatoms. The van der Waals surface area contributed by atoms with Crippen molar-refractivity contribution < 1.29 is 23.1 Å². The van der Waals surface area contributed by atoms with Crippen molar-refractivity contribution in [2.24, 2.45) is 0 Å². The number of nitrogens with one attached hydrogen (secondary N) is 2. The summed E-state index contributed by atoms with van der Waals surface area (Å²) in [5.41, 5.74) is 1.09. The van der Waals surface area contributed by atoms with E-state index < -0.39 is 12.6 Å². The third-order valence-corrected chi connectivity index (χ3v) is 3.08. The number of benzene rings is 1. The maximum absolute atomic E-state index is 12.1. The number of rotatable bonds is 7. The largest absolute Gasteiger partial charge is 0.396 e. The molecule has 0 saturated heterocycles. The smallest absolute Gasteiger partial charge is 0.389 e. The highest BCUT2D eigenvalue weighted by molar-refractivity contribution is 5.89. The monoisotopic (exact) mass is 318 g/mol. The number of halogens is 3. The van der Waals surface area contributed by atoms with Gasteiger partial charge in [0.15, 0.2) is 0 Å². The third-order valence-electron chi connectivity index (χ3n) is 3.08. The lowest BCUT2D eigenvalue weighted by Crippen LogP contribution is -2.36. The van der Waals surface area contributed by atoms with Crippen molar-refractivity contribution in [2.75, 3.05) is 11.9 Å². The molecule has 1 rings (SSSR count). The van der Waals surface area contributed by atoms with Gasteiger partial charge in [-0.1, -0.05) is 12.1 Å². The number of aliphatic hydroxyl groups excluding tert-OH is 1. The number of aliphatic hydroxyl groups is 1. The maximum Gasteiger partial charge on any atom is 0.389 e. The Morgan fingerprint density at radius 2 is 1.91 bits per heavy atom. The third kappa shape index (κ3) is 7.87. The van der Waals surface area contributed by atoms with E-state index in [1.165, 1.54) is 0 Å². The number of hydrogen-bond acceptors (Lipinski definition) is 2. The molecule has 0 aliphatic heterocycles. The lowest BCUT2D eigenvalue weighted by atomic mass is 10.1. The fourth-order valence-electron chi connectivity index (χ4n) is 1.90. The number of urea groups is 1. The number of anilines is 1. The highest BCUT2D eigenvalue weighted by Gasteiger charge is 2.26. The van der Waals surface area contributed by atoms with E-state index in [9.17, 15) is 18.0 Å². The Labute approximate surface area is 127 Å². The molecule has 0 saturated carbocycles. The Hall–Kier alpha value is -1.76. The number of carbonyl (C=O) groups is 1. The van der Waals surface area contributed by atoms with Crippen LogP contribution in [-0.2, 0) is 6.42 Å². The molecule has 22 heavy (non-hydrogen) atoms. The van der Waals surface area contributed by atoms with Crippen LogP contribution in [-0.4, -0.2) is 30.0 Å². The minimum absolute atomic E-state index is 0.0711. The second-order valence-electron chi connectivity index (χ2n) is 5.18. The molecule has 1 aromatic carbocycles. The van der Waals surface area contributed by atoms with E-state index in [0.717, 1.165) is 0 Å². The van der Waals surface area contributed by atoms with Crippen molar-refractivity contribution in [3.8, 4) is 0 Å². The van der Waals surface area contributed by atoms with E-state index in [0.29, 0.717) is 24.1 Å². The van der Waals surface area contributed by atoms with Crippen molar-refractivity contribution in [3.63, 3.8) is 0 Å². The first-order chi connectivity index (χ1) is 10.3. The molecule has 4 nitrogen and oxygen atoms in total. The van der Waals surface area contributed by atoms with Crippen LogP contribution in [0.2, 0.25) is 0 Å². The molecule has 1 unspecified atom stereocenters. The Morgan fingerprint density at radius 3 is 2.45 bits per heavy atom. The summed E-state index contributed by atoms with van der Waals surface area (Å²) in [5, 5.41) is 14.0. The molecule has 3 N–H and O–H groups in total. The van der Waals surface area contributed by atoms with Crippen molar-refractivity contribution in [3.05, 3.63) is 29.8 Å². The minimum Gasteiger partial charge on any atom is -0.396 e. The van der Waals surface area contributed by atoms with Crippen molar-refractivity contribution in [2.45, 2.75) is 44.8 Å². The van der Waals surface area contributed by atoms with Crippen LogP contribution in [0.4, 0.5) is 23.7 Å². The Bertz CT molecular complexity index is 461. The number of hydrogen-bond donors (Lipinski definition) is 3. The molecule has 2 amide bonds. The van der Waals surface area contributed by atoms with Gasteiger partial charge in [-0.15, -0.1) is 0 Å². The standard InChI is InChI=1S/C15H21F3N2O2/c1-11(3-2-10-21)19-14(22)20-13-6-4-12(5-7-13)8-9-15(16,17)18/h4-7,11,21H,2-3,8-10H2,1H3,(H2,19,20,22). The summed E-state index contributed by atoms with van der Waals surface area (Å²) in [7, 11) is 0. The molecule has 0 aromatic heterocycles. The van der Waals surface area contributed by atoms with Gasteiger partial charge >= 0.3 is 12.2 Å². The molecule has 0 aliphatic rings. The summed E-state index contributed by atoms with van der Waals surface area (Å²) in [5.74, 6) is 0. The van der Waals surface area contributed by atoms with Crippen LogP contribution in [0.15, 0.2) is 24.3 Å². The Morgan fingerprint density at radius 1 is 1.27 bits per heavy atom. The average Bonchev–Trinajstić information content (AvgIpc) is 2.43. The van der Waals surface area contributed by atoms with Crippen LogP contribution in [0.3, 0.4) is 0 Å². The number of alkyl halides is 3. The van der Waals surface area contributed by atoms with Gasteiger partial charge in [-0.3, -0.25) is 0 Å². The number of aryl methyl sites for hydroxylation is 1. The van der Waals surface area contributed by atoms with Crippen molar-refractivity contribution in [1.82, 2.24) is 5.32 Å². The molecule has 0 fully saturated rings. The lowest BCUT2D eigenvalue weighted by molar-refractivity contribution is -0.133. The summed E-state index contributed by atoms with van der Waals surface area (Å²) < 4.78 is 36.4. The van der Waals surface area contributed by atoms with Crippen LogP contribution >= 0.6 is 0 Å². The van der Waals surface area contributed by atoms with E-state index in [-0.39, 0.29) is 25.1 Å². The Kier molecular flexibility index (Phi) is 7.17. The predicted octanol–water partition coefficient (Wildman–Crippen LogP) is 3.46. The zero-order chi connectivity index (χ0) is 16.6. The summed E-state index contributed by atoms with van der Waals surface area (Å²) in [4.78, 5) is 11.7. The summed E-state index contributed by atoms with van der Waals surface area (Å²) in [6.45, 7) is 1.91. The zero-order valence-corrected chi connectivity index (χ0v) is 12.4. The molecular formula is C15H21F3N2O2. The van der Waals surface area contributed by atoms with Gasteiger partial charge in [0.1, 0.15) is 0 Å². The normalized spacial score (nSPS) is 12.8. The second-order valence-corrected chi connectivity index (χ2v) is 5.18. The molecule has 0 aliphatic carbocycles. The van der Waals surface area contributed by atoms with Crippen LogP contribution in [0.1, 0.15) is 31.7 Å². The van der Waals surface area contributed by atoms with Gasteiger partial charge in [0, 0.05) is 24.8 Å². The zero-order valence-electron chi connectivity index (χ0n) is 12.4. The van der Waals surface area contributed by atoms with Gasteiger partial charge in [-0.05, 0) is 43.9 Å². The van der Waals surface area contributed by atoms with Gasteiger partial charge < -0.3 is 15.7 Å². The van der Waals surface area contributed by atoms with E-state index in [1.807, 2.05) is 6.92 Å². The highest BCUT2D eigenvalue weighted by Crippen LogP contribution is 2.22. The molecule has 0 radical (unpaired) electrons. The molecule has 124 valence electrons. The predicted molar refractivity (Wildman–Crippen MR) is 78.8 cm³/mol. The van der Waals surface area contributed by atoms with E-state index in [4.69, 9.17) is 5.11 Å². The fraction of sp³-hybridized carbons (Fsp3) is 0.533. The van der Waals surface area contributed by atoms with Crippen LogP contribution < -0.4 is 10.6 Å². The van der Waals surface area contributed by atoms with Gasteiger partial charge in [0.25, 0.3) is 0 Å². The van der Waals surface area contributed by atoms with Gasteiger partial charge in [-0.25, -0.2) is 4.79 Å². The summed E-state index contributed by atoms with van der Waals surface area (Å²) in [6.07, 6.45) is -3.83. The van der Waals surface area contributed by atoms with Gasteiger partial charge in [0.05, 0.1) is 0 Å². The van der Waals surface area contributed by atoms with E-state index in [1.54, 1.807) is 24.3 Å². The number of amides is 2. The fourth-order valence-corrected chi connectivity index (χ4v) is 1.90. The van der Waals surface area contributed by atoms with Crippen LogP contribution in [0, 0.1) is 0 Å². The number of carbonyl (C=O) groups excluding carboxylic acids is 1. The first-order valence-electron chi connectivity index (χ1n) is 7.14. The van der Waals surface area contributed by atoms with Gasteiger partial charge in [-0.2, -0.15) is 13.2 Å². The Balaban J connectivity index is 2.41. The quantitative estimate of drug-likeness (QED) is 0.721. The average molecular weight is 318 g/mol. The molecular weight excluding hydrogens is 297 g/mol. The second kappa shape index (κ2) is 8.63. The molecule has 0 spiro atoms. The molecule has 0 heterocycles. The lowest BCUT2D eigenvalue weighted by Gasteiger charge is -2.14. The molecule has 1 atom stereocenters. The van der Waals surface area contributed by atoms with Crippen LogP contribution in [0.5, 0.6) is 0 Å². The van der Waals surface area contributed by atoms with Crippen LogP contribution in [0.25, 0.3) is 0 Å². The highest BCUT2D eigenvalue weighted by atomic mass is 19.4. The molecule has 1 aromatic rings. The van der Waals surface area contributed by atoms with E-state index >= 15 is 0 Å². The topological polar surface area (TPSA) is 61.4 Å². The first kappa shape index (κ1) is 18.3. The maximum atomic E-state index is 12.1. The summed E-state index contributed by atoms with van der Waals surface area (Å²) in [6, 6.07) is 5.83.